The molecule has 0 fully saturated rings. The van der Waals surface area contributed by atoms with Crippen LogP contribution in [0.25, 0.3) is 5.32 Å². The van der Waals surface area contributed by atoms with Gasteiger partial charge in [-0.15, -0.1) is 13.1 Å². The molecule has 1 nitrogen and oxygen atoms in total. The van der Waals surface area contributed by atoms with Gasteiger partial charge in [-0.3, -0.25) is 0 Å². The Kier molecular flexibility index (Phi) is 21.8. The van der Waals surface area contributed by atoms with Gasteiger partial charge in [0.1, 0.15) is 0 Å². The van der Waals surface area contributed by atoms with Gasteiger partial charge in [-0.25, -0.2) is 0 Å². The molecule has 0 atom stereocenters. The molecule has 0 saturated carbocycles. The van der Waals surface area contributed by atoms with E-state index in [9.17, 15) is 0 Å². The zero-order valence-electron chi connectivity index (χ0n) is 10.5. The fourth-order valence-electron chi connectivity index (χ4n) is 1.41. The Labute approximate surface area is 133 Å². The number of unbranched alkanes of at least 4 members (excludes halogenated alkanes) is 6. The minimum Gasteiger partial charge on any atom is -0.662 e. The van der Waals surface area contributed by atoms with Crippen molar-refractivity contribution in [1.82, 2.24) is 0 Å². The third-order valence-corrected chi connectivity index (χ3v) is 2.34. The minimum atomic E-state index is 0. The van der Waals surface area contributed by atoms with Crippen molar-refractivity contribution in [2.24, 2.45) is 0 Å². The summed E-state index contributed by atoms with van der Waals surface area (Å²) < 4.78 is 0. The van der Waals surface area contributed by atoms with Crippen molar-refractivity contribution < 1.29 is 51.4 Å². The molecule has 0 saturated heterocycles. The Balaban J connectivity index is 0. The largest absolute Gasteiger partial charge is 1.00 e. The fraction of sp³-hybridized carbons (Fsp3) is 1.00. The molecule has 0 aromatic rings. The average Bonchev–Trinajstić information content (AvgIpc) is 2.16. The second-order valence-corrected chi connectivity index (χ2v) is 3.79. The van der Waals surface area contributed by atoms with Gasteiger partial charge in [0.2, 0.25) is 0 Å². The van der Waals surface area contributed by atoms with Crippen LogP contribution in [0.2, 0.25) is 0 Å². The number of hydrogen-bond donors (Lipinski definition) is 0. The van der Waals surface area contributed by atoms with Gasteiger partial charge in [0.15, 0.2) is 0 Å². The Morgan fingerprint density at radius 1 is 0.643 bits per heavy atom. The summed E-state index contributed by atoms with van der Waals surface area (Å²) in [5.74, 6) is 0. The molecule has 0 radical (unpaired) electrons. The van der Waals surface area contributed by atoms with Gasteiger partial charge in [-0.1, -0.05) is 65.2 Å². The predicted octanol–water partition coefficient (Wildman–Crippen LogP) is 1.52. The first kappa shape index (κ1) is 18.0. The van der Waals surface area contributed by atoms with Crippen LogP contribution in [0.15, 0.2) is 0 Å². The molecule has 0 N–H and O–H groups in total. The van der Waals surface area contributed by atoms with Crippen molar-refractivity contribution in [2.75, 3.05) is 13.1 Å². The SMILES string of the molecule is CCCCCC[N-]CCCCCC.[K+]. The van der Waals surface area contributed by atoms with Gasteiger partial charge >= 0.3 is 51.4 Å². The van der Waals surface area contributed by atoms with Crippen LogP contribution in [0.3, 0.4) is 0 Å². The zero-order chi connectivity index (χ0) is 9.78. The summed E-state index contributed by atoms with van der Waals surface area (Å²) in [6.45, 7) is 6.71. The van der Waals surface area contributed by atoms with Crippen molar-refractivity contribution >= 4 is 0 Å². The quantitative estimate of drug-likeness (QED) is 0.394. The van der Waals surface area contributed by atoms with Crippen LogP contribution in [-0.2, 0) is 0 Å². The van der Waals surface area contributed by atoms with Crippen molar-refractivity contribution in [3.63, 3.8) is 0 Å². The van der Waals surface area contributed by atoms with E-state index in [1.54, 1.807) is 0 Å². The topological polar surface area (TPSA) is 14.1 Å². The Morgan fingerprint density at radius 3 is 1.43 bits per heavy atom. The summed E-state index contributed by atoms with van der Waals surface area (Å²) in [5, 5.41) is 4.51. The first-order chi connectivity index (χ1) is 6.41. The third kappa shape index (κ3) is 16.0. The molecule has 0 aliphatic rings. The van der Waals surface area contributed by atoms with E-state index in [1.807, 2.05) is 0 Å². The van der Waals surface area contributed by atoms with Crippen LogP contribution in [-0.4, -0.2) is 13.1 Å². The van der Waals surface area contributed by atoms with Crippen LogP contribution in [0.5, 0.6) is 0 Å². The summed E-state index contributed by atoms with van der Waals surface area (Å²) in [6, 6.07) is 0. The van der Waals surface area contributed by atoms with E-state index < -0.39 is 0 Å². The van der Waals surface area contributed by atoms with Crippen molar-refractivity contribution in [3.05, 3.63) is 5.32 Å². The molecule has 0 heterocycles. The van der Waals surface area contributed by atoms with Gasteiger partial charge in [0, 0.05) is 0 Å². The molecule has 0 bridgehead atoms. The molecule has 0 aromatic carbocycles. The summed E-state index contributed by atoms with van der Waals surface area (Å²) in [5.41, 5.74) is 0. The van der Waals surface area contributed by atoms with Crippen LogP contribution in [0.1, 0.15) is 65.2 Å². The molecule has 0 aliphatic heterocycles. The molecule has 0 aliphatic carbocycles. The first-order valence-electron chi connectivity index (χ1n) is 6.05. The maximum Gasteiger partial charge on any atom is 1.00 e. The fourth-order valence-corrected chi connectivity index (χ4v) is 1.41. The monoisotopic (exact) mass is 223 g/mol. The van der Waals surface area contributed by atoms with Gasteiger partial charge in [-0.2, -0.15) is 0 Å². The second kappa shape index (κ2) is 17.0. The third-order valence-electron chi connectivity index (χ3n) is 2.34. The molecule has 2 heteroatoms. The van der Waals surface area contributed by atoms with Gasteiger partial charge in [0.05, 0.1) is 0 Å². The predicted molar refractivity (Wildman–Crippen MR) is 61.4 cm³/mol. The molecular formula is C12H26KN. The molecule has 0 spiro atoms. The molecule has 0 unspecified atom stereocenters. The number of hydrogen-bond acceptors (Lipinski definition) is 0. The van der Waals surface area contributed by atoms with Crippen molar-refractivity contribution in [1.29, 1.82) is 0 Å². The maximum atomic E-state index is 4.51. The Morgan fingerprint density at radius 2 is 1.07 bits per heavy atom. The Bertz CT molecular complexity index is 76.4. The second-order valence-electron chi connectivity index (χ2n) is 3.79. The van der Waals surface area contributed by atoms with Crippen LogP contribution in [0.4, 0.5) is 0 Å². The van der Waals surface area contributed by atoms with Crippen LogP contribution in [0, 0.1) is 0 Å². The van der Waals surface area contributed by atoms with E-state index >= 15 is 0 Å². The van der Waals surface area contributed by atoms with Gasteiger partial charge in [-0.05, 0) is 0 Å². The summed E-state index contributed by atoms with van der Waals surface area (Å²) >= 11 is 0. The van der Waals surface area contributed by atoms with Gasteiger partial charge in [0.25, 0.3) is 0 Å². The van der Waals surface area contributed by atoms with E-state index in [2.05, 4.69) is 19.2 Å². The van der Waals surface area contributed by atoms with E-state index in [1.165, 1.54) is 51.4 Å². The van der Waals surface area contributed by atoms with E-state index in [4.69, 9.17) is 0 Å². The Hall–Kier alpha value is 1.60. The molecule has 0 aromatic heterocycles. The number of nitrogens with zero attached hydrogens (tertiary/aromatic N) is 1. The molecule has 14 heavy (non-hydrogen) atoms. The summed E-state index contributed by atoms with van der Waals surface area (Å²) in [7, 11) is 0. The van der Waals surface area contributed by atoms with E-state index in [-0.39, 0.29) is 51.4 Å². The molecule has 80 valence electrons. The normalized spacial score (nSPS) is 9.86. The number of rotatable bonds is 10. The molecule has 0 rings (SSSR count). The smallest absolute Gasteiger partial charge is 0.662 e. The van der Waals surface area contributed by atoms with E-state index in [0.29, 0.717) is 0 Å². The maximum absolute atomic E-state index is 4.51. The average molecular weight is 223 g/mol. The minimum absolute atomic E-state index is 0. The van der Waals surface area contributed by atoms with E-state index in [0.717, 1.165) is 13.1 Å². The first-order valence-corrected chi connectivity index (χ1v) is 6.05. The summed E-state index contributed by atoms with van der Waals surface area (Å²) in [4.78, 5) is 0. The molecular weight excluding hydrogens is 197 g/mol. The van der Waals surface area contributed by atoms with Crippen molar-refractivity contribution in [3.8, 4) is 0 Å². The van der Waals surface area contributed by atoms with Crippen LogP contribution < -0.4 is 51.4 Å². The zero-order valence-corrected chi connectivity index (χ0v) is 13.6. The van der Waals surface area contributed by atoms with Crippen molar-refractivity contribution in [2.45, 2.75) is 65.2 Å². The standard InChI is InChI=1S/C12H26N.K/c1-3-5-7-9-11-13-12-10-8-6-4-2;/h3-12H2,1-2H3;/q-1;+1. The van der Waals surface area contributed by atoms with Crippen LogP contribution >= 0.6 is 0 Å². The summed E-state index contributed by atoms with van der Waals surface area (Å²) in [6.07, 6.45) is 10.8. The molecule has 0 amide bonds. The van der Waals surface area contributed by atoms with Gasteiger partial charge < -0.3 is 5.32 Å².